The third-order valence-corrected chi connectivity index (χ3v) is 6.24. The van der Waals surface area contributed by atoms with Gasteiger partial charge in [0.05, 0.1) is 27.3 Å². The zero-order valence-corrected chi connectivity index (χ0v) is 17.9. The molecule has 8 nitrogen and oxygen atoms in total. The number of rotatable bonds is 4. The molecule has 1 aliphatic heterocycles. The number of carbonyl (C=O) groups is 2. The smallest absolute Gasteiger partial charge is 0.254 e. The van der Waals surface area contributed by atoms with E-state index in [0.29, 0.717) is 10.9 Å². The maximum atomic E-state index is 14.8. The van der Waals surface area contributed by atoms with Crippen LogP contribution in [0.15, 0.2) is 46.6 Å². The lowest BCUT2D eigenvalue weighted by molar-refractivity contribution is -0.121. The minimum Gasteiger partial charge on any atom is -0.330 e. The monoisotopic (exact) mass is 480 g/mol. The van der Waals surface area contributed by atoms with Crippen LogP contribution in [0.3, 0.4) is 0 Å². The molecule has 2 heterocycles. The summed E-state index contributed by atoms with van der Waals surface area (Å²) in [7, 11) is 0. The van der Waals surface area contributed by atoms with Crippen molar-refractivity contribution in [2.24, 2.45) is 0 Å². The average Bonchev–Trinajstić information content (AvgIpc) is 3.14. The van der Waals surface area contributed by atoms with Gasteiger partial charge in [0.2, 0.25) is 5.91 Å². The lowest BCUT2D eigenvalue weighted by atomic mass is 9.83. The van der Waals surface area contributed by atoms with Crippen molar-refractivity contribution in [1.82, 2.24) is 15.5 Å². The van der Waals surface area contributed by atoms with Gasteiger partial charge >= 0.3 is 0 Å². The maximum absolute atomic E-state index is 14.8. The van der Waals surface area contributed by atoms with Crippen molar-refractivity contribution in [3.8, 4) is 0 Å². The number of allylic oxidation sites excluding steroid dienone is 1. The number of anilines is 1. The van der Waals surface area contributed by atoms with Crippen LogP contribution in [-0.4, -0.2) is 30.8 Å². The number of amides is 2. The number of halogens is 3. The molecule has 0 bridgehead atoms. The third kappa shape index (κ3) is 4.01. The summed E-state index contributed by atoms with van der Waals surface area (Å²) in [5.41, 5.74) is 0.277. The molecule has 166 valence electrons. The average molecular weight is 481 g/mol. The molecular weight excluding hydrogens is 466 g/mol. The molecule has 2 unspecified atom stereocenters. The summed E-state index contributed by atoms with van der Waals surface area (Å²) < 4.78 is 50.2. The van der Waals surface area contributed by atoms with E-state index >= 15 is 0 Å². The van der Waals surface area contributed by atoms with Crippen LogP contribution in [0.4, 0.5) is 14.5 Å². The van der Waals surface area contributed by atoms with Gasteiger partial charge in [-0.2, -0.15) is 5.10 Å². The Morgan fingerprint density at radius 3 is 2.75 bits per heavy atom. The minimum atomic E-state index is -2.52. The van der Waals surface area contributed by atoms with Crippen molar-refractivity contribution >= 4 is 51.1 Å². The molecule has 0 radical (unpaired) electrons. The van der Waals surface area contributed by atoms with Gasteiger partial charge in [0.25, 0.3) is 5.91 Å². The van der Waals surface area contributed by atoms with Crippen LogP contribution in [0.1, 0.15) is 24.8 Å². The second-order valence-corrected chi connectivity index (χ2v) is 8.49. The number of aromatic nitrogens is 2. The van der Waals surface area contributed by atoms with Crippen molar-refractivity contribution in [2.75, 3.05) is 5.32 Å². The molecule has 1 aliphatic rings. The van der Waals surface area contributed by atoms with Gasteiger partial charge in [-0.05, 0) is 30.7 Å². The highest BCUT2D eigenvalue weighted by Crippen LogP contribution is 2.37. The van der Waals surface area contributed by atoms with Gasteiger partial charge < -0.3 is 15.2 Å². The number of H-pyrrole nitrogens is 1. The van der Waals surface area contributed by atoms with E-state index in [1.807, 2.05) is 0 Å². The fraction of sp³-hybridized carbons (Fsp3) is 0.150. The van der Waals surface area contributed by atoms with Crippen LogP contribution >= 0.6 is 11.6 Å². The molecule has 0 saturated carbocycles. The fourth-order valence-electron chi connectivity index (χ4n) is 3.67. The number of aromatic amines is 1. The highest BCUT2D eigenvalue weighted by molar-refractivity contribution is 7.79. The number of carbonyl (C=O) groups excluding carboxylic acids is 2. The van der Waals surface area contributed by atoms with E-state index in [2.05, 4.69) is 20.8 Å². The van der Waals surface area contributed by atoms with Gasteiger partial charge in [-0.3, -0.25) is 14.7 Å². The maximum Gasteiger partial charge on any atom is 0.254 e. The Balaban J connectivity index is 1.76. The topological polar surface area (TPSA) is 124 Å². The summed E-state index contributed by atoms with van der Waals surface area (Å²) in [5, 5.41) is 11.7. The standard InChI is InChI=1S/C20H15ClF2N4O4S/c1-8-19(20(29)26-16-2-9-7-24-27-15(9)6-14(16)23)11(4-18(28)25-8)10-3-17(32(30)31)12(21)5-13(10)22/h2-3,5-7,11H,4H2,1H3,(H,24,27)(H,25,28)(H,26,29)(H,30,31). The zero-order chi connectivity index (χ0) is 23.2. The molecule has 2 aromatic carbocycles. The summed E-state index contributed by atoms with van der Waals surface area (Å²) in [6, 6.07) is 4.45. The van der Waals surface area contributed by atoms with Gasteiger partial charge in [0, 0.05) is 35.1 Å². The van der Waals surface area contributed by atoms with Gasteiger partial charge in [0.1, 0.15) is 11.6 Å². The molecule has 0 aliphatic carbocycles. The Morgan fingerprint density at radius 2 is 2.03 bits per heavy atom. The number of nitrogens with one attached hydrogen (secondary N) is 3. The molecular formula is C20H15ClF2N4O4S. The van der Waals surface area contributed by atoms with E-state index < -0.39 is 40.4 Å². The normalized spacial score (nSPS) is 17.4. The van der Waals surface area contributed by atoms with E-state index in [-0.39, 0.29) is 38.9 Å². The molecule has 0 saturated heterocycles. The first kappa shape index (κ1) is 22.1. The molecule has 0 fully saturated rings. The largest absolute Gasteiger partial charge is 0.330 e. The van der Waals surface area contributed by atoms with Crippen molar-refractivity contribution in [2.45, 2.75) is 24.2 Å². The highest BCUT2D eigenvalue weighted by Gasteiger charge is 2.34. The lowest BCUT2D eigenvalue weighted by Gasteiger charge is -2.27. The first-order chi connectivity index (χ1) is 15.2. The van der Waals surface area contributed by atoms with Crippen LogP contribution in [-0.2, 0) is 20.7 Å². The van der Waals surface area contributed by atoms with Crippen LogP contribution < -0.4 is 10.6 Å². The molecule has 3 aromatic rings. The first-order valence-electron chi connectivity index (χ1n) is 9.20. The van der Waals surface area contributed by atoms with Crippen LogP contribution in [0.2, 0.25) is 5.02 Å². The summed E-state index contributed by atoms with van der Waals surface area (Å²) in [4.78, 5) is 25.0. The van der Waals surface area contributed by atoms with E-state index in [0.717, 1.165) is 12.1 Å². The van der Waals surface area contributed by atoms with Crippen molar-refractivity contribution in [3.63, 3.8) is 0 Å². The van der Waals surface area contributed by atoms with E-state index in [4.69, 9.17) is 11.6 Å². The molecule has 32 heavy (non-hydrogen) atoms. The molecule has 0 spiro atoms. The minimum absolute atomic E-state index is 0.0211. The highest BCUT2D eigenvalue weighted by atomic mass is 35.5. The van der Waals surface area contributed by atoms with E-state index in [1.54, 1.807) is 0 Å². The predicted molar refractivity (Wildman–Crippen MR) is 113 cm³/mol. The zero-order valence-electron chi connectivity index (χ0n) is 16.3. The summed E-state index contributed by atoms with van der Waals surface area (Å²) in [6.07, 6.45) is 1.15. The third-order valence-electron chi connectivity index (χ3n) is 5.10. The molecule has 4 N–H and O–H groups in total. The SMILES string of the molecule is CC1=C(C(=O)Nc2cc3cn[nH]c3cc2F)C(c2cc(S(=O)O)c(Cl)cc2F)CC(=O)N1. The number of hydrogen-bond donors (Lipinski definition) is 4. The number of benzene rings is 2. The van der Waals surface area contributed by atoms with Crippen molar-refractivity contribution < 1.29 is 27.1 Å². The number of hydrogen-bond acceptors (Lipinski definition) is 4. The quantitative estimate of drug-likeness (QED) is 0.425. The Bertz CT molecular complexity index is 1340. The van der Waals surface area contributed by atoms with Crippen LogP contribution in [0.25, 0.3) is 10.9 Å². The van der Waals surface area contributed by atoms with Crippen LogP contribution in [0.5, 0.6) is 0 Å². The molecule has 12 heteroatoms. The molecule has 4 rings (SSSR count). The van der Waals surface area contributed by atoms with E-state index in [1.165, 1.54) is 25.3 Å². The van der Waals surface area contributed by atoms with Crippen molar-refractivity contribution in [3.05, 3.63) is 64.0 Å². The van der Waals surface area contributed by atoms with Gasteiger partial charge in [-0.25, -0.2) is 13.0 Å². The summed E-state index contributed by atoms with van der Waals surface area (Å²) >= 11 is 3.32. The lowest BCUT2D eigenvalue weighted by Crippen LogP contribution is -2.35. The van der Waals surface area contributed by atoms with Gasteiger partial charge in [-0.15, -0.1) is 0 Å². The second-order valence-electron chi connectivity index (χ2n) is 7.14. The van der Waals surface area contributed by atoms with Gasteiger partial charge in [0.15, 0.2) is 11.1 Å². The Labute approximate surface area is 187 Å². The predicted octanol–water partition coefficient (Wildman–Crippen LogP) is 3.59. The Kier molecular flexibility index (Phi) is 5.80. The van der Waals surface area contributed by atoms with Crippen molar-refractivity contribution in [1.29, 1.82) is 0 Å². The number of nitrogens with zero attached hydrogens (tertiary/aromatic N) is 1. The molecule has 1 aromatic heterocycles. The second kappa shape index (κ2) is 8.41. The van der Waals surface area contributed by atoms with Gasteiger partial charge in [-0.1, -0.05) is 11.6 Å². The summed E-state index contributed by atoms with van der Waals surface area (Å²) in [5.74, 6) is -3.91. The van der Waals surface area contributed by atoms with E-state index in [9.17, 15) is 27.1 Å². The molecule has 2 atom stereocenters. The summed E-state index contributed by atoms with van der Waals surface area (Å²) in [6.45, 7) is 1.45. The first-order valence-corrected chi connectivity index (χ1v) is 10.7. The van der Waals surface area contributed by atoms with Crippen LogP contribution in [0, 0.1) is 11.6 Å². The molecule has 2 amide bonds. The number of fused-ring (bicyclic) bond motifs is 1. The Hall–Kier alpha value is -3.15. The Morgan fingerprint density at radius 1 is 1.28 bits per heavy atom. The fourth-order valence-corrected chi connectivity index (χ4v) is 4.47.